The normalized spacial score (nSPS) is 28.2. The minimum Gasteiger partial charge on any atom is -0.336 e. The van der Waals surface area contributed by atoms with Crippen molar-refractivity contribution >= 4 is 5.91 Å². The predicted octanol–water partition coefficient (Wildman–Crippen LogP) is 0.218. The summed E-state index contributed by atoms with van der Waals surface area (Å²) in [7, 11) is 0. The van der Waals surface area contributed by atoms with Gasteiger partial charge in [-0.1, -0.05) is 5.92 Å². The first-order valence-corrected chi connectivity index (χ1v) is 4.63. The highest BCUT2D eigenvalue weighted by Gasteiger charge is 2.26. The Morgan fingerprint density at radius 1 is 1.69 bits per heavy atom. The van der Waals surface area contributed by atoms with E-state index in [0.717, 1.165) is 13.1 Å². The summed E-state index contributed by atoms with van der Waals surface area (Å²) in [5, 5.41) is 3.31. The summed E-state index contributed by atoms with van der Waals surface area (Å²) in [4.78, 5) is 13.4. The maximum absolute atomic E-state index is 11.5. The van der Waals surface area contributed by atoms with Gasteiger partial charge in [0, 0.05) is 25.2 Å². The molecule has 0 aromatic rings. The summed E-state index contributed by atoms with van der Waals surface area (Å²) in [6.45, 7) is 5.76. The third-order valence-electron chi connectivity index (χ3n) is 2.61. The van der Waals surface area contributed by atoms with Crippen molar-refractivity contribution < 1.29 is 4.79 Å². The molecule has 0 aliphatic carbocycles. The zero-order valence-corrected chi connectivity index (χ0v) is 8.21. The van der Waals surface area contributed by atoms with Gasteiger partial charge in [0.05, 0.1) is 6.42 Å². The van der Waals surface area contributed by atoms with E-state index in [2.05, 4.69) is 18.2 Å². The largest absolute Gasteiger partial charge is 0.336 e. The molecule has 2 atom stereocenters. The van der Waals surface area contributed by atoms with Crippen molar-refractivity contribution in [3.05, 3.63) is 0 Å². The number of nitrogens with one attached hydrogen (secondary N) is 1. The molecule has 0 aromatic carbocycles. The summed E-state index contributed by atoms with van der Waals surface area (Å²) < 4.78 is 0. The van der Waals surface area contributed by atoms with E-state index in [0.29, 0.717) is 6.04 Å². The number of rotatable bonds is 1. The second-order valence-electron chi connectivity index (χ2n) is 3.45. The van der Waals surface area contributed by atoms with Crippen LogP contribution < -0.4 is 5.32 Å². The first-order valence-electron chi connectivity index (χ1n) is 4.63. The maximum Gasteiger partial charge on any atom is 0.234 e. The van der Waals surface area contributed by atoms with Crippen molar-refractivity contribution in [2.75, 3.05) is 13.1 Å². The standard InChI is InChI=1S/C10H16N2O/c1-4-5-10(13)12-7-6-11-8(2)9(12)3/h1,8-9,11H,5-7H2,2-3H3. The number of carbonyl (C=O) groups excluding carboxylic acids is 1. The van der Waals surface area contributed by atoms with Gasteiger partial charge in [-0.15, -0.1) is 6.42 Å². The molecule has 1 aliphatic heterocycles. The molecule has 0 aromatic heterocycles. The Hall–Kier alpha value is -1.01. The lowest BCUT2D eigenvalue weighted by Crippen LogP contribution is -2.57. The van der Waals surface area contributed by atoms with Crippen LogP contribution >= 0.6 is 0 Å². The lowest BCUT2D eigenvalue weighted by molar-refractivity contribution is -0.133. The number of amides is 1. The van der Waals surface area contributed by atoms with Crippen molar-refractivity contribution in [1.82, 2.24) is 10.2 Å². The molecule has 1 fully saturated rings. The summed E-state index contributed by atoms with van der Waals surface area (Å²) in [6.07, 6.45) is 5.32. The Labute approximate surface area is 79.5 Å². The van der Waals surface area contributed by atoms with Crippen LogP contribution in [0.15, 0.2) is 0 Å². The van der Waals surface area contributed by atoms with E-state index in [1.165, 1.54) is 0 Å². The summed E-state index contributed by atoms with van der Waals surface area (Å²) >= 11 is 0. The van der Waals surface area contributed by atoms with Gasteiger partial charge in [-0.3, -0.25) is 4.79 Å². The fraction of sp³-hybridized carbons (Fsp3) is 0.700. The summed E-state index contributed by atoms with van der Waals surface area (Å²) in [5.41, 5.74) is 0. The van der Waals surface area contributed by atoms with E-state index in [4.69, 9.17) is 6.42 Å². The number of nitrogens with zero attached hydrogens (tertiary/aromatic N) is 1. The van der Waals surface area contributed by atoms with Gasteiger partial charge in [0.15, 0.2) is 0 Å². The number of terminal acetylenes is 1. The Kier molecular flexibility index (Phi) is 3.32. The van der Waals surface area contributed by atoms with Gasteiger partial charge in [0.25, 0.3) is 0 Å². The molecule has 1 amide bonds. The maximum atomic E-state index is 11.5. The van der Waals surface area contributed by atoms with Crippen molar-refractivity contribution in [2.45, 2.75) is 32.4 Å². The second-order valence-corrected chi connectivity index (χ2v) is 3.45. The third-order valence-corrected chi connectivity index (χ3v) is 2.61. The van der Waals surface area contributed by atoms with E-state index in [-0.39, 0.29) is 18.4 Å². The molecule has 13 heavy (non-hydrogen) atoms. The molecule has 72 valence electrons. The monoisotopic (exact) mass is 180 g/mol. The summed E-state index contributed by atoms with van der Waals surface area (Å²) in [6, 6.07) is 0.602. The fourth-order valence-electron chi connectivity index (χ4n) is 1.60. The minimum absolute atomic E-state index is 0.0725. The average Bonchev–Trinajstić information content (AvgIpc) is 2.10. The molecule has 1 aliphatic rings. The summed E-state index contributed by atoms with van der Waals surface area (Å²) in [5.74, 6) is 2.46. The molecule has 0 radical (unpaired) electrons. The van der Waals surface area contributed by atoms with E-state index in [1.807, 2.05) is 11.8 Å². The van der Waals surface area contributed by atoms with Crippen LogP contribution in [0.2, 0.25) is 0 Å². The van der Waals surface area contributed by atoms with E-state index >= 15 is 0 Å². The molecule has 1 N–H and O–H groups in total. The van der Waals surface area contributed by atoms with Crippen LogP contribution in [-0.2, 0) is 4.79 Å². The Bertz CT molecular complexity index is 232. The second kappa shape index (κ2) is 4.29. The molecule has 1 heterocycles. The van der Waals surface area contributed by atoms with Gasteiger partial charge in [-0.2, -0.15) is 0 Å². The van der Waals surface area contributed by atoms with E-state index < -0.39 is 0 Å². The van der Waals surface area contributed by atoms with Gasteiger partial charge < -0.3 is 10.2 Å². The molecule has 3 heteroatoms. The van der Waals surface area contributed by atoms with Gasteiger partial charge in [0.2, 0.25) is 5.91 Å². The van der Waals surface area contributed by atoms with Crippen molar-refractivity contribution in [3.63, 3.8) is 0 Å². The number of hydrogen-bond donors (Lipinski definition) is 1. The highest BCUT2D eigenvalue weighted by Crippen LogP contribution is 2.09. The molecular formula is C10H16N2O. The molecule has 3 nitrogen and oxygen atoms in total. The highest BCUT2D eigenvalue weighted by atomic mass is 16.2. The Morgan fingerprint density at radius 2 is 2.38 bits per heavy atom. The number of hydrogen-bond acceptors (Lipinski definition) is 2. The molecule has 0 bridgehead atoms. The highest BCUT2D eigenvalue weighted by molar-refractivity contribution is 5.79. The van der Waals surface area contributed by atoms with E-state index in [9.17, 15) is 4.79 Å². The van der Waals surface area contributed by atoms with E-state index in [1.54, 1.807) is 0 Å². The average molecular weight is 180 g/mol. The van der Waals surface area contributed by atoms with Crippen LogP contribution in [-0.4, -0.2) is 36.0 Å². The predicted molar refractivity (Wildman–Crippen MR) is 52.1 cm³/mol. The van der Waals surface area contributed by atoms with Gasteiger partial charge >= 0.3 is 0 Å². The van der Waals surface area contributed by atoms with Crippen LogP contribution in [0.3, 0.4) is 0 Å². The van der Waals surface area contributed by atoms with Crippen LogP contribution in [0, 0.1) is 12.3 Å². The quantitative estimate of drug-likeness (QED) is 0.585. The fourth-order valence-corrected chi connectivity index (χ4v) is 1.60. The number of piperazine rings is 1. The molecule has 1 saturated heterocycles. The SMILES string of the molecule is C#CCC(=O)N1CCNC(C)C1C. The third kappa shape index (κ3) is 2.22. The van der Waals surface area contributed by atoms with Gasteiger partial charge in [-0.05, 0) is 13.8 Å². The molecular weight excluding hydrogens is 164 g/mol. The zero-order valence-electron chi connectivity index (χ0n) is 8.21. The smallest absolute Gasteiger partial charge is 0.234 e. The Morgan fingerprint density at radius 3 is 3.00 bits per heavy atom. The molecule has 0 spiro atoms. The van der Waals surface area contributed by atoms with Crippen molar-refractivity contribution in [3.8, 4) is 12.3 Å². The molecule has 0 saturated carbocycles. The van der Waals surface area contributed by atoms with Crippen LogP contribution in [0.25, 0.3) is 0 Å². The molecule has 1 rings (SSSR count). The van der Waals surface area contributed by atoms with Crippen LogP contribution in [0.5, 0.6) is 0 Å². The van der Waals surface area contributed by atoms with Crippen molar-refractivity contribution in [2.24, 2.45) is 0 Å². The molecule has 2 unspecified atom stereocenters. The lowest BCUT2D eigenvalue weighted by Gasteiger charge is -2.38. The topological polar surface area (TPSA) is 32.3 Å². The number of carbonyl (C=O) groups is 1. The minimum atomic E-state index is 0.0725. The van der Waals surface area contributed by atoms with Crippen molar-refractivity contribution in [1.29, 1.82) is 0 Å². The van der Waals surface area contributed by atoms with Crippen LogP contribution in [0.4, 0.5) is 0 Å². The van der Waals surface area contributed by atoms with Gasteiger partial charge in [0.1, 0.15) is 0 Å². The van der Waals surface area contributed by atoms with Crippen LogP contribution in [0.1, 0.15) is 20.3 Å². The first kappa shape index (κ1) is 10.1. The first-order chi connectivity index (χ1) is 6.16. The Balaban J connectivity index is 2.58. The lowest BCUT2D eigenvalue weighted by atomic mass is 10.1. The zero-order chi connectivity index (χ0) is 9.84. The van der Waals surface area contributed by atoms with Gasteiger partial charge in [-0.25, -0.2) is 0 Å².